The van der Waals surface area contributed by atoms with Gasteiger partial charge in [-0.2, -0.15) is 0 Å². The number of benzene rings is 2. The molecule has 1 atom stereocenters. The van der Waals surface area contributed by atoms with E-state index in [0.717, 1.165) is 0 Å². The van der Waals surface area contributed by atoms with E-state index in [0.29, 0.717) is 22.0 Å². The average molecular weight is 408 g/mol. The van der Waals surface area contributed by atoms with Crippen LogP contribution in [0.3, 0.4) is 0 Å². The van der Waals surface area contributed by atoms with E-state index >= 15 is 0 Å². The van der Waals surface area contributed by atoms with E-state index in [2.05, 4.69) is 10.6 Å². The lowest BCUT2D eigenvalue weighted by molar-refractivity contribution is 0.0942. The smallest absolute Gasteiger partial charge is 0.252 e. The minimum Gasteiger partial charge on any atom is -0.497 e. The first kappa shape index (κ1) is 19.0. The van der Waals surface area contributed by atoms with Gasteiger partial charge >= 0.3 is 0 Å². The second-order valence-electron chi connectivity index (χ2n) is 4.83. The summed E-state index contributed by atoms with van der Waals surface area (Å²) in [6, 6.07) is 13.4. The van der Waals surface area contributed by atoms with Crippen LogP contribution >= 0.6 is 46.4 Å². The maximum absolute atomic E-state index is 12.4. The first-order valence-electron chi connectivity index (χ1n) is 6.83. The zero-order chi connectivity index (χ0) is 17.7. The van der Waals surface area contributed by atoms with Crippen LogP contribution in [0.25, 0.3) is 0 Å². The first-order valence-corrected chi connectivity index (χ1v) is 8.34. The molecule has 0 aliphatic rings. The summed E-state index contributed by atoms with van der Waals surface area (Å²) in [5.74, 6) is 0.249. The number of rotatable bonds is 5. The van der Waals surface area contributed by atoms with Crippen molar-refractivity contribution in [2.45, 2.75) is 9.96 Å². The number of methoxy groups -OCH3 is 1. The third-order valence-electron chi connectivity index (χ3n) is 3.11. The summed E-state index contributed by atoms with van der Waals surface area (Å²) in [6.45, 7) is 0. The zero-order valence-electron chi connectivity index (χ0n) is 12.5. The number of amides is 1. The molecule has 24 heavy (non-hydrogen) atoms. The van der Waals surface area contributed by atoms with Gasteiger partial charge in [-0.1, -0.05) is 46.4 Å². The fraction of sp³-hybridized carbons (Fsp3) is 0.188. The third kappa shape index (κ3) is 5.35. The Morgan fingerprint density at radius 1 is 1.04 bits per heavy atom. The molecule has 2 N–H and O–H groups in total. The van der Waals surface area contributed by atoms with Gasteiger partial charge in [0.2, 0.25) is 3.79 Å². The molecule has 2 aromatic rings. The van der Waals surface area contributed by atoms with E-state index in [1.54, 1.807) is 55.6 Å². The number of halogens is 4. The number of carbonyl (C=O) groups excluding carboxylic acids is 1. The summed E-state index contributed by atoms with van der Waals surface area (Å²) in [5.41, 5.74) is 1.05. The molecular weight excluding hydrogens is 394 g/mol. The van der Waals surface area contributed by atoms with Crippen molar-refractivity contribution >= 4 is 58.0 Å². The molecule has 1 amide bonds. The van der Waals surface area contributed by atoms with Crippen molar-refractivity contribution in [1.29, 1.82) is 0 Å². The largest absolute Gasteiger partial charge is 0.497 e. The van der Waals surface area contributed by atoms with Crippen molar-refractivity contribution in [2.75, 3.05) is 12.4 Å². The Morgan fingerprint density at radius 2 is 1.62 bits per heavy atom. The van der Waals surface area contributed by atoms with Gasteiger partial charge in [-0.05, 0) is 48.5 Å². The molecule has 128 valence electrons. The molecular formula is C16H14Cl4N2O2. The number of nitrogens with one attached hydrogen (secondary N) is 2. The Bertz CT molecular complexity index is 685. The van der Waals surface area contributed by atoms with Crippen LogP contribution in [0.5, 0.6) is 5.75 Å². The molecule has 0 saturated heterocycles. The Hall–Kier alpha value is -1.33. The second-order valence-corrected chi connectivity index (χ2v) is 7.63. The second kappa shape index (κ2) is 8.17. The Balaban J connectivity index is 2.13. The van der Waals surface area contributed by atoms with E-state index in [-0.39, 0.29) is 0 Å². The van der Waals surface area contributed by atoms with Gasteiger partial charge in [0, 0.05) is 16.3 Å². The average Bonchev–Trinajstić information content (AvgIpc) is 2.55. The van der Waals surface area contributed by atoms with E-state index in [4.69, 9.17) is 51.1 Å². The maximum Gasteiger partial charge on any atom is 0.252 e. The lowest BCUT2D eigenvalue weighted by atomic mass is 10.2. The lowest BCUT2D eigenvalue weighted by Crippen LogP contribution is -2.49. The number of hydrogen-bond donors (Lipinski definition) is 2. The highest BCUT2D eigenvalue weighted by Gasteiger charge is 2.34. The van der Waals surface area contributed by atoms with Gasteiger partial charge in [-0.3, -0.25) is 4.79 Å². The van der Waals surface area contributed by atoms with Crippen LogP contribution in [0, 0.1) is 0 Å². The van der Waals surface area contributed by atoms with Crippen molar-refractivity contribution < 1.29 is 9.53 Å². The zero-order valence-corrected chi connectivity index (χ0v) is 15.5. The minimum absolute atomic E-state index is 0.393. The SMILES string of the molecule is COc1ccc(C(=O)NC(Nc2ccc(Cl)cc2)C(Cl)(Cl)Cl)cc1. The normalized spacial score (nSPS) is 12.4. The van der Waals surface area contributed by atoms with Crippen LogP contribution in [0.15, 0.2) is 48.5 Å². The predicted octanol–water partition coefficient (Wildman–Crippen LogP) is 4.89. The summed E-state index contributed by atoms with van der Waals surface area (Å²) in [7, 11) is 1.55. The molecule has 0 saturated carbocycles. The lowest BCUT2D eigenvalue weighted by Gasteiger charge is -2.27. The highest BCUT2D eigenvalue weighted by Crippen LogP contribution is 2.31. The first-order chi connectivity index (χ1) is 11.3. The van der Waals surface area contributed by atoms with E-state index in [9.17, 15) is 4.79 Å². The topological polar surface area (TPSA) is 50.4 Å². The Labute approximate surface area is 160 Å². The summed E-state index contributed by atoms with van der Waals surface area (Å²) < 4.78 is 3.29. The maximum atomic E-state index is 12.4. The molecule has 8 heteroatoms. The van der Waals surface area contributed by atoms with Crippen LogP contribution in [0.4, 0.5) is 5.69 Å². The molecule has 0 heterocycles. The molecule has 0 spiro atoms. The number of carbonyl (C=O) groups is 1. The Morgan fingerprint density at radius 3 is 2.12 bits per heavy atom. The molecule has 2 aromatic carbocycles. The van der Waals surface area contributed by atoms with Gasteiger partial charge < -0.3 is 15.4 Å². The van der Waals surface area contributed by atoms with Gasteiger partial charge in [0.05, 0.1) is 7.11 Å². The third-order valence-corrected chi connectivity index (χ3v) is 4.02. The molecule has 0 aliphatic heterocycles. The van der Waals surface area contributed by atoms with Gasteiger partial charge in [0.1, 0.15) is 11.9 Å². The summed E-state index contributed by atoms with van der Waals surface area (Å²) in [5, 5.41) is 6.19. The van der Waals surface area contributed by atoms with Gasteiger partial charge in [0.15, 0.2) is 0 Å². The van der Waals surface area contributed by atoms with Crippen molar-refractivity contribution in [3.8, 4) is 5.75 Å². The van der Waals surface area contributed by atoms with Crippen molar-refractivity contribution in [2.24, 2.45) is 0 Å². The van der Waals surface area contributed by atoms with Crippen LogP contribution in [-0.2, 0) is 0 Å². The fourth-order valence-corrected chi connectivity index (χ4v) is 2.32. The van der Waals surface area contributed by atoms with Crippen molar-refractivity contribution in [3.63, 3.8) is 0 Å². The standard InChI is InChI=1S/C16H14Cl4N2O2/c1-24-13-8-2-10(3-9-13)14(23)22-15(16(18,19)20)21-12-6-4-11(17)5-7-12/h2-9,15,21H,1H3,(H,22,23). The number of ether oxygens (including phenoxy) is 1. The van der Waals surface area contributed by atoms with Crippen LogP contribution < -0.4 is 15.4 Å². The van der Waals surface area contributed by atoms with Crippen LogP contribution in [-0.4, -0.2) is 23.0 Å². The predicted molar refractivity (Wildman–Crippen MR) is 99.6 cm³/mol. The molecule has 4 nitrogen and oxygen atoms in total. The molecule has 2 rings (SSSR count). The fourth-order valence-electron chi connectivity index (χ4n) is 1.87. The highest BCUT2D eigenvalue weighted by atomic mass is 35.6. The number of alkyl halides is 3. The van der Waals surface area contributed by atoms with E-state index in [1.165, 1.54) is 0 Å². The molecule has 0 aliphatic carbocycles. The minimum atomic E-state index is -1.76. The summed E-state index contributed by atoms with van der Waals surface area (Å²) in [6.07, 6.45) is -0.946. The monoisotopic (exact) mass is 406 g/mol. The molecule has 1 unspecified atom stereocenters. The van der Waals surface area contributed by atoms with Gasteiger partial charge in [-0.15, -0.1) is 0 Å². The van der Waals surface area contributed by atoms with Gasteiger partial charge in [-0.25, -0.2) is 0 Å². The summed E-state index contributed by atoms with van der Waals surface area (Å²) >= 11 is 23.7. The highest BCUT2D eigenvalue weighted by molar-refractivity contribution is 6.68. The van der Waals surface area contributed by atoms with E-state index in [1.807, 2.05) is 0 Å². The van der Waals surface area contributed by atoms with Crippen molar-refractivity contribution in [3.05, 3.63) is 59.1 Å². The molecule has 0 bridgehead atoms. The van der Waals surface area contributed by atoms with Gasteiger partial charge in [0.25, 0.3) is 5.91 Å². The molecule has 0 fully saturated rings. The van der Waals surface area contributed by atoms with Crippen LogP contribution in [0.1, 0.15) is 10.4 Å². The van der Waals surface area contributed by atoms with E-state index < -0.39 is 15.9 Å². The summed E-state index contributed by atoms with van der Waals surface area (Å²) in [4.78, 5) is 12.4. The molecule has 0 radical (unpaired) electrons. The Kier molecular flexibility index (Phi) is 6.47. The van der Waals surface area contributed by atoms with Crippen LogP contribution in [0.2, 0.25) is 5.02 Å². The number of anilines is 1. The molecule has 0 aromatic heterocycles. The quantitative estimate of drug-likeness (QED) is 0.548. The number of hydrogen-bond acceptors (Lipinski definition) is 3. The van der Waals surface area contributed by atoms with Crippen molar-refractivity contribution in [1.82, 2.24) is 5.32 Å².